The summed E-state index contributed by atoms with van der Waals surface area (Å²) < 4.78 is 47.0. The molecule has 0 aromatic rings. The largest absolute Gasteiger partial charge is 0.481 e. The zero-order chi connectivity index (χ0) is 37.3. The second-order valence-corrected chi connectivity index (χ2v) is 18.4. The van der Waals surface area contributed by atoms with Gasteiger partial charge in [-0.1, -0.05) is 41.5 Å². The molecule has 6 rings (SSSR count). The van der Waals surface area contributed by atoms with Crippen molar-refractivity contribution >= 4 is 35.5 Å². The van der Waals surface area contributed by atoms with Gasteiger partial charge in [-0.3, -0.25) is 4.79 Å². The van der Waals surface area contributed by atoms with E-state index in [1.165, 1.54) is 0 Å². The van der Waals surface area contributed by atoms with Gasteiger partial charge in [-0.25, -0.2) is 0 Å². The van der Waals surface area contributed by atoms with E-state index in [-0.39, 0.29) is 114 Å². The second kappa shape index (κ2) is 16.2. The average molecular weight is 748 g/mol. The van der Waals surface area contributed by atoms with Gasteiger partial charge in [-0.05, 0) is 83.5 Å². The molecule has 6 aliphatic heterocycles. The molecule has 0 aromatic carbocycles. The Kier molecular flexibility index (Phi) is 13.4. The van der Waals surface area contributed by atoms with Gasteiger partial charge in [0, 0.05) is 67.3 Å². The van der Waals surface area contributed by atoms with Crippen molar-refractivity contribution in [2.24, 2.45) is 41.4 Å². The molecule has 1 radical (unpaired) electrons. The fraction of sp³-hybridized carbons (Fsp3) is 0.975. The maximum absolute atomic E-state index is 11.8. The van der Waals surface area contributed by atoms with Gasteiger partial charge in [0.2, 0.25) is 0 Å². The van der Waals surface area contributed by atoms with Crippen molar-refractivity contribution in [3.8, 4) is 0 Å². The molecule has 3 N–H and O–H groups in total. The van der Waals surface area contributed by atoms with Gasteiger partial charge in [0.05, 0.1) is 72.6 Å². The Bertz CT molecular complexity index is 1240. The molecule has 0 aromatic heterocycles. The zero-order valence-corrected chi connectivity index (χ0v) is 35.8. The van der Waals surface area contributed by atoms with Crippen molar-refractivity contribution in [1.82, 2.24) is 0 Å². The van der Waals surface area contributed by atoms with Crippen LogP contribution in [0.2, 0.25) is 0 Å². The van der Waals surface area contributed by atoms with Crippen LogP contribution in [0.5, 0.6) is 0 Å². The van der Waals surface area contributed by atoms with Crippen LogP contribution >= 0.6 is 0 Å². The Balaban J connectivity index is 0.00000523. The standard InChI is InChI=1S/C40H68O11.Na/c1-21-11-12-28(46-33(21)26(6)36(42)43)17-29-18-30(45-10)27(7)40(48-29)25(5)19-38(9,51-40)32-13-14-37(8,49-32)35-23(3)16-31(47-35)34-22(2)15-24(4)39(44,20-41)50-34;/h21-35,41,44H,11-20H2,1-10H3,(H,42,43);/t21-,22+,23-,24-,25-,26+,27-,28?,29?,30-,31?,32?,33?,34?,35?,37+,38+,39+,40-;/m1./s1. The summed E-state index contributed by atoms with van der Waals surface area (Å²) in [7, 11) is 1.77. The molecule has 6 fully saturated rings. The van der Waals surface area contributed by atoms with Crippen molar-refractivity contribution in [1.29, 1.82) is 0 Å². The van der Waals surface area contributed by atoms with E-state index in [1.54, 1.807) is 14.0 Å². The van der Waals surface area contributed by atoms with Crippen LogP contribution in [-0.4, -0.2) is 136 Å². The van der Waals surface area contributed by atoms with E-state index >= 15 is 0 Å². The molecular formula is C40H68NaO11. The predicted molar refractivity (Wildman–Crippen MR) is 194 cm³/mol. The van der Waals surface area contributed by atoms with Crippen molar-refractivity contribution in [3.05, 3.63) is 0 Å². The first-order valence-electron chi connectivity index (χ1n) is 20.0. The van der Waals surface area contributed by atoms with Crippen molar-refractivity contribution in [2.75, 3.05) is 13.7 Å². The van der Waals surface area contributed by atoms with Gasteiger partial charge in [0.25, 0.3) is 0 Å². The molecule has 7 unspecified atom stereocenters. The predicted octanol–water partition coefficient (Wildman–Crippen LogP) is 5.32. The Labute approximate surface area is 334 Å². The molecule has 0 amide bonds. The van der Waals surface area contributed by atoms with E-state index in [9.17, 15) is 20.1 Å². The third-order valence-electron chi connectivity index (χ3n) is 14.4. The van der Waals surface area contributed by atoms with Gasteiger partial charge >= 0.3 is 5.97 Å². The van der Waals surface area contributed by atoms with Crippen LogP contribution in [-0.2, 0) is 38.0 Å². The summed E-state index contributed by atoms with van der Waals surface area (Å²) in [5.41, 5.74) is -1.10. The smallest absolute Gasteiger partial charge is 0.308 e. The van der Waals surface area contributed by atoms with Gasteiger partial charge in [0.15, 0.2) is 11.6 Å². The molecule has 19 atom stereocenters. The number of hydrogen-bond donors (Lipinski definition) is 3. The summed E-state index contributed by atoms with van der Waals surface area (Å²) in [6.45, 7) is 18.4. The number of rotatable bonds is 9. The van der Waals surface area contributed by atoms with Gasteiger partial charge in [-0.2, -0.15) is 0 Å². The van der Waals surface area contributed by atoms with Gasteiger partial charge in [-0.15, -0.1) is 0 Å². The van der Waals surface area contributed by atoms with Crippen LogP contribution in [0.4, 0.5) is 0 Å². The summed E-state index contributed by atoms with van der Waals surface area (Å²) in [5, 5.41) is 30.7. The fourth-order valence-electron chi connectivity index (χ4n) is 11.3. The molecule has 0 bridgehead atoms. The maximum Gasteiger partial charge on any atom is 0.308 e. The quantitative estimate of drug-likeness (QED) is 0.264. The summed E-state index contributed by atoms with van der Waals surface area (Å²) in [6.07, 6.45) is 5.85. The summed E-state index contributed by atoms with van der Waals surface area (Å²) in [4.78, 5) is 11.8. The molecule has 1 spiro atoms. The van der Waals surface area contributed by atoms with E-state index < -0.39 is 41.3 Å². The first-order chi connectivity index (χ1) is 23.9. The minimum atomic E-state index is -1.55. The molecule has 6 aliphatic rings. The monoisotopic (exact) mass is 747 g/mol. The molecule has 295 valence electrons. The molecule has 12 heteroatoms. The zero-order valence-electron chi connectivity index (χ0n) is 33.8. The van der Waals surface area contributed by atoms with E-state index in [4.69, 9.17) is 33.2 Å². The normalized spacial score (nSPS) is 53.2. The SMILES string of the molecule is CO[C@@H]1CC(CC2CC[C@@H](C)C([C@H](C)C(=O)O)O2)O[C@]2(O[C@](C)(C3CC[C@@](C)(C4OC(C5O[C@@](O)(CO)[C@H](C)C[C@@H]5C)C[C@H]4C)O3)C[C@H]2C)[C@@H]1C.[Na]. The first kappa shape index (κ1) is 43.2. The van der Waals surface area contributed by atoms with Gasteiger partial charge < -0.3 is 48.5 Å². The van der Waals surface area contributed by atoms with Crippen molar-refractivity contribution < 1.29 is 53.3 Å². The third-order valence-corrected chi connectivity index (χ3v) is 14.4. The van der Waals surface area contributed by atoms with Crippen LogP contribution in [0, 0.1) is 41.4 Å². The Hall–Kier alpha value is 0.110. The minimum Gasteiger partial charge on any atom is -0.481 e. The minimum absolute atomic E-state index is 0. The summed E-state index contributed by atoms with van der Waals surface area (Å²) >= 11 is 0. The number of methoxy groups -OCH3 is 1. The second-order valence-electron chi connectivity index (χ2n) is 18.4. The number of carbonyl (C=O) groups is 1. The van der Waals surface area contributed by atoms with E-state index in [0.29, 0.717) is 6.42 Å². The summed E-state index contributed by atoms with van der Waals surface area (Å²) in [6, 6.07) is 0. The topological polar surface area (TPSA) is 142 Å². The number of carboxylic acid groups (broad SMARTS) is 1. The van der Waals surface area contributed by atoms with Gasteiger partial charge in [0.1, 0.15) is 0 Å². The van der Waals surface area contributed by atoms with Crippen LogP contribution in [0.1, 0.15) is 120 Å². The number of aliphatic hydroxyl groups excluding tert-OH is 1. The number of carboxylic acids is 1. The Morgan fingerprint density at radius 3 is 2.23 bits per heavy atom. The van der Waals surface area contributed by atoms with E-state index in [0.717, 1.165) is 51.4 Å². The number of aliphatic carboxylic acids is 1. The molecule has 6 heterocycles. The molecule has 0 aliphatic carbocycles. The van der Waals surface area contributed by atoms with Crippen LogP contribution in [0.15, 0.2) is 0 Å². The van der Waals surface area contributed by atoms with E-state index in [2.05, 4.69) is 48.5 Å². The third kappa shape index (κ3) is 7.85. The molecule has 6 saturated heterocycles. The summed E-state index contributed by atoms with van der Waals surface area (Å²) in [5.74, 6) is -3.26. The Morgan fingerprint density at radius 2 is 1.58 bits per heavy atom. The first-order valence-corrected chi connectivity index (χ1v) is 20.0. The van der Waals surface area contributed by atoms with Crippen LogP contribution < -0.4 is 0 Å². The number of hydrogen-bond acceptors (Lipinski definition) is 10. The van der Waals surface area contributed by atoms with Crippen LogP contribution in [0.25, 0.3) is 0 Å². The molecule has 52 heavy (non-hydrogen) atoms. The maximum atomic E-state index is 11.8. The Morgan fingerprint density at radius 1 is 0.865 bits per heavy atom. The molecular weight excluding hydrogens is 679 g/mol. The van der Waals surface area contributed by atoms with Crippen molar-refractivity contribution in [3.63, 3.8) is 0 Å². The fourth-order valence-corrected chi connectivity index (χ4v) is 11.3. The number of aliphatic hydroxyl groups is 2. The number of ether oxygens (including phenoxy) is 7. The van der Waals surface area contributed by atoms with Crippen molar-refractivity contribution in [2.45, 2.75) is 192 Å². The van der Waals surface area contributed by atoms with E-state index in [1.807, 2.05) is 6.92 Å². The molecule has 0 saturated carbocycles. The molecule has 11 nitrogen and oxygen atoms in total. The average Bonchev–Trinajstić information content (AvgIpc) is 3.75. The van der Waals surface area contributed by atoms with Crippen LogP contribution in [0.3, 0.4) is 0 Å².